The summed E-state index contributed by atoms with van der Waals surface area (Å²) in [6, 6.07) is 0. The lowest BCUT2D eigenvalue weighted by Gasteiger charge is -2.35. The number of nitrogens with one attached hydrogen (secondary N) is 1. The number of nitrogens with zero attached hydrogens (tertiary/aromatic N) is 4. The van der Waals surface area contributed by atoms with E-state index >= 15 is 0 Å². The molecule has 0 aliphatic carbocycles. The molecule has 0 aromatic heterocycles. The molecule has 3 saturated heterocycles. The van der Waals surface area contributed by atoms with Gasteiger partial charge in [-0.25, -0.2) is 0 Å². The average molecular weight is 493 g/mol. The van der Waals surface area contributed by atoms with E-state index in [4.69, 9.17) is 9.73 Å². The normalized spacial score (nSPS) is 28.6. The van der Waals surface area contributed by atoms with Crippen molar-refractivity contribution in [2.45, 2.75) is 33.6 Å². The molecule has 0 aromatic carbocycles. The first kappa shape index (κ1) is 23.2. The molecule has 2 unspecified atom stereocenters. The smallest absolute Gasteiger partial charge is 0.193 e. The van der Waals surface area contributed by atoms with Crippen LogP contribution in [0.3, 0.4) is 0 Å². The number of aliphatic imine (C=N–C) groups is 1. The number of likely N-dealkylation sites (tertiary alicyclic amines) is 1. The van der Waals surface area contributed by atoms with Crippen molar-refractivity contribution in [2.75, 3.05) is 78.7 Å². The highest BCUT2D eigenvalue weighted by molar-refractivity contribution is 14.0. The molecule has 0 saturated carbocycles. The van der Waals surface area contributed by atoms with Gasteiger partial charge in [0.15, 0.2) is 5.96 Å². The second-order valence-corrected chi connectivity index (χ2v) is 8.51. The zero-order valence-electron chi connectivity index (χ0n) is 17.6. The summed E-state index contributed by atoms with van der Waals surface area (Å²) in [4.78, 5) is 12.6. The lowest BCUT2D eigenvalue weighted by Crippen LogP contribution is -2.47. The topological polar surface area (TPSA) is 43.3 Å². The third-order valence-electron chi connectivity index (χ3n) is 6.29. The van der Waals surface area contributed by atoms with E-state index in [-0.39, 0.29) is 24.0 Å². The maximum Gasteiger partial charge on any atom is 0.193 e. The van der Waals surface area contributed by atoms with Gasteiger partial charge in [-0.2, -0.15) is 0 Å². The van der Waals surface area contributed by atoms with Gasteiger partial charge in [-0.05, 0) is 32.2 Å². The van der Waals surface area contributed by atoms with Crippen molar-refractivity contribution >= 4 is 29.9 Å². The monoisotopic (exact) mass is 493 g/mol. The standard InChI is InChI=1S/C20H39N5O.HI/c1-4-21-19(25-8-6-20(16-25)7-13-26-17-20)22-14-18(3)15-24-11-9-23(5-2)10-12-24;/h18H,4-17H2,1-3H3,(H,21,22);1H. The van der Waals surface area contributed by atoms with Gasteiger partial charge in [-0.15, -0.1) is 24.0 Å². The molecular weight excluding hydrogens is 453 g/mol. The number of halogens is 1. The van der Waals surface area contributed by atoms with Gasteiger partial charge in [0.1, 0.15) is 0 Å². The molecule has 3 aliphatic rings. The fourth-order valence-electron chi connectivity index (χ4n) is 4.54. The second-order valence-electron chi connectivity index (χ2n) is 8.51. The first-order valence-electron chi connectivity index (χ1n) is 10.7. The highest BCUT2D eigenvalue weighted by Crippen LogP contribution is 2.38. The van der Waals surface area contributed by atoms with Crippen LogP contribution >= 0.6 is 24.0 Å². The number of guanidine groups is 1. The predicted molar refractivity (Wildman–Crippen MR) is 123 cm³/mol. The van der Waals surface area contributed by atoms with Gasteiger partial charge in [-0.3, -0.25) is 4.99 Å². The summed E-state index contributed by atoms with van der Waals surface area (Å²) in [6.45, 7) is 19.9. The fraction of sp³-hybridized carbons (Fsp3) is 0.950. The highest BCUT2D eigenvalue weighted by Gasteiger charge is 2.42. The van der Waals surface area contributed by atoms with Crippen molar-refractivity contribution in [1.29, 1.82) is 0 Å². The van der Waals surface area contributed by atoms with Crippen LogP contribution in [0.2, 0.25) is 0 Å². The van der Waals surface area contributed by atoms with Crippen molar-refractivity contribution in [3.05, 3.63) is 0 Å². The van der Waals surface area contributed by atoms with E-state index in [9.17, 15) is 0 Å². The van der Waals surface area contributed by atoms with E-state index in [2.05, 4.69) is 40.8 Å². The molecule has 0 radical (unpaired) electrons. The van der Waals surface area contributed by atoms with Crippen LogP contribution in [-0.2, 0) is 4.74 Å². The predicted octanol–water partition coefficient (Wildman–Crippen LogP) is 1.96. The fourth-order valence-corrected chi connectivity index (χ4v) is 4.54. The van der Waals surface area contributed by atoms with E-state index < -0.39 is 0 Å². The molecule has 0 amide bonds. The molecule has 1 N–H and O–H groups in total. The van der Waals surface area contributed by atoms with E-state index in [1.807, 2.05) is 0 Å². The second kappa shape index (κ2) is 11.2. The summed E-state index contributed by atoms with van der Waals surface area (Å²) in [5.74, 6) is 1.71. The first-order valence-corrected chi connectivity index (χ1v) is 10.7. The van der Waals surface area contributed by atoms with Crippen LogP contribution < -0.4 is 5.32 Å². The summed E-state index contributed by atoms with van der Waals surface area (Å²) in [7, 11) is 0. The summed E-state index contributed by atoms with van der Waals surface area (Å²) < 4.78 is 5.67. The van der Waals surface area contributed by atoms with Crippen molar-refractivity contribution in [1.82, 2.24) is 20.0 Å². The minimum absolute atomic E-state index is 0. The van der Waals surface area contributed by atoms with Crippen molar-refractivity contribution in [3.8, 4) is 0 Å². The number of piperazine rings is 1. The SMILES string of the molecule is CCNC(=NCC(C)CN1CCN(CC)CC1)N1CCC2(CCOC2)C1.I. The number of rotatable bonds is 6. The zero-order valence-corrected chi connectivity index (χ0v) is 19.9. The van der Waals surface area contributed by atoms with E-state index in [1.54, 1.807) is 0 Å². The number of likely N-dealkylation sites (N-methyl/N-ethyl adjacent to an activating group) is 1. The van der Waals surface area contributed by atoms with Crippen LogP contribution in [0.15, 0.2) is 4.99 Å². The molecule has 27 heavy (non-hydrogen) atoms. The Morgan fingerprint density at radius 3 is 2.48 bits per heavy atom. The molecule has 6 nitrogen and oxygen atoms in total. The molecule has 1 spiro atoms. The summed E-state index contributed by atoms with van der Waals surface area (Å²) in [5, 5.41) is 3.52. The summed E-state index contributed by atoms with van der Waals surface area (Å²) in [6.07, 6.45) is 2.46. The van der Waals surface area contributed by atoms with Gasteiger partial charge < -0.3 is 24.8 Å². The lowest BCUT2D eigenvalue weighted by atomic mass is 9.87. The Hall–Kier alpha value is -0.120. The van der Waals surface area contributed by atoms with Crippen molar-refractivity contribution in [3.63, 3.8) is 0 Å². The van der Waals surface area contributed by atoms with Gasteiger partial charge in [0, 0.05) is 70.9 Å². The van der Waals surface area contributed by atoms with Crippen LogP contribution in [0.4, 0.5) is 0 Å². The Kier molecular flexibility index (Phi) is 9.58. The van der Waals surface area contributed by atoms with Gasteiger partial charge >= 0.3 is 0 Å². The minimum Gasteiger partial charge on any atom is -0.381 e. The Labute approximate surface area is 183 Å². The molecule has 0 bridgehead atoms. The third-order valence-corrected chi connectivity index (χ3v) is 6.29. The maximum atomic E-state index is 5.67. The summed E-state index contributed by atoms with van der Waals surface area (Å²) in [5.41, 5.74) is 0.390. The molecule has 3 heterocycles. The molecule has 2 atom stereocenters. The number of hydrogen-bond donors (Lipinski definition) is 1. The Morgan fingerprint density at radius 2 is 1.85 bits per heavy atom. The van der Waals surface area contributed by atoms with E-state index in [1.165, 1.54) is 45.6 Å². The molecule has 158 valence electrons. The molecule has 3 aliphatic heterocycles. The molecule has 7 heteroatoms. The Morgan fingerprint density at radius 1 is 1.11 bits per heavy atom. The largest absolute Gasteiger partial charge is 0.381 e. The molecular formula is C20H40IN5O. The average Bonchev–Trinajstić information content (AvgIpc) is 3.29. The van der Waals surface area contributed by atoms with Crippen molar-refractivity contribution < 1.29 is 4.74 Å². The van der Waals surface area contributed by atoms with Gasteiger partial charge in [0.25, 0.3) is 0 Å². The lowest BCUT2D eigenvalue weighted by molar-refractivity contribution is 0.125. The number of hydrogen-bond acceptors (Lipinski definition) is 4. The van der Waals surface area contributed by atoms with Crippen LogP contribution in [0.5, 0.6) is 0 Å². The van der Waals surface area contributed by atoms with Crippen LogP contribution in [0, 0.1) is 11.3 Å². The van der Waals surface area contributed by atoms with E-state index in [0.717, 1.165) is 51.9 Å². The quantitative estimate of drug-likeness (QED) is 0.348. The Bertz CT molecular complexity index is 461. The van der Waals surface area contributed by atoms with Gasteiger partial charge in [0.2, 0.25) is 0 Å². The molecule has 3 rings (SSSR count). The minimum atomic E-state index is 0. The van der Waals surface area contributed by atoms with E-state index in [0.29, 0.717) is 11.3 Å². The highest BCUT2D eigenvalue weighted by atomic mass is 127. The third kappa shape index (κ3) is 6.44. The number of ether oxygens (including phenoxy) is 1. The molecule has 3 fully saturated rings. The van der Waals surface area contributed by atoms with Crippen molar-refractivity contribution in [2.24, 2.45) is 16.3 Å². The van der Waals surface area contributed by atoms with Gasteiger partial charge in [-0.1, -0.05) is 13.8 Å². The summed E-state index contributed by atoms with van der Waals surface area (Å²) >= 11 is 0. The first-order chi connectivity index (χ1) is 12.6. The Balaban J connectivity index is 0.00000261. The zero-order chi connectivity index (χ0) is 18.4. The maximum absolute atomic E-state index is 5.67. The van der Waals surface area contributed by atoms with Crippen LogP contribution in [0.25, 0.3) is 0 Å². The van der Waals surface area contributed by atoms with Crippen LogP contribution in [0.1, 0.15) is 33.6 Å². The molecule has 0 aromatic rings. The van der Waals surface area contributed by atoms with Gasteiger partial charge in [0.05, 0.1) is 6.61 Å². The van der Waals surface area contributed by atoms with Crippen LogP contribution in [-0.4, -0.2) is 99.3 Å².